The third-order valence-electron chi connectivity index (χ3n) is 3.60. The smallest absolute Gasteiger partial charge is 0.248 e. The maximum Gasteiger partial charge on any atom is 0.248 e. The molecule has 0 saturated heterocycles. The summed E-state index contributed by atoms with van der Waals surface area (Å²) < 4.78 is 13.4. The fourth-order valence-electron chi connectivity index (χ4n) is 2.44. The number of carbonyl (C=O) groups excluding carboxylic acids is 1. The van der Waals surface area contributed by atoms with Gasteiger partial charge in [0.15, 0.2) is 0 Å². The number of hydrogen-bond acceptors (Lipinski definition) is 3. The largest absolute Gasteiger partial charge is 0.378 e. The van der Waals surface area contributed by atoms with Gasteiger partial charge < -0.3 is 16.0 Å². The number of amides is 1. The number of nitrogens with two attached hydrogens (primary N) is 1. The molecule has 0 saturated carbocycles. The van der Waals surface area contributed by atoms with Crippen LogP contribution in [0.5, 0.6) is 0 Å². The number of anilines is 1. The Morgan fingerprint density at radius 1 is 1.26 bits per heavy atom. The van der Waals surface area contributed by atoms with E-state index in [2.05, 4.69) is 5.32 Å². The predicted molar refractivity (Wildman–Crippen MR) is 90.8 cm³/mol. The van der Waals surface area contributed by atoms with Crippen LogP contribution in [0.2, 0.25) is 0 Å². The average Bonchev–Trinajstić information content (AvgIpc) is 2.48. The molecule has 0 spiro atoms. The van der Waals surface area contributed by atoms with Crippen molar-refractivity contribution in [2.75, 3.05) is 19.4 Å². The Labute approximate surface area is 136 Å². The van der Waals surface area contributed by atoms with Crippen molar-refractivity contribution in [3.05, 3.63) is 65.0 Å². The van der Waals surface area contributed by atoms with E-state index in [-0.39, 0.29) is 11.9 Å². The normalized spacial score (nSPS) is 12.2. The molecule has 0 aromatic heterocycles. The first-order valence-corrected chi connectivity index (χ1v) is 7.46. The summed E-state index contributed by atoms with van der Waals surface area (Å²) >= 11 is 0. The van der Waals surface area contributed by atoms with E-state index in [1.807, 2.05) is 38.1 Å². The molecule has 1 atom stereocenters. The molecule has 0 fully saturated rings. The molecule has 4 nitrogen and oxygen atoms in total. The van der Waals surface area contributed by atoms with Gasteiger partial charge >= 0.3 is 0 Å². The Hall–Kier alpha value is -2.40. The van der Waals surface area contributed by atoms with E-state index in [4.69, 9.17) is 5.73 Å². The molecule has 2 aromatic rings. The molecule has 0 radical (unpaired) electrons. The molecule has 3 N–H and O–H groups in total. The fraction of sp³-hybridized carbons (Fsp3) is 0.278. The first kappa shape index (κ1) is 17.0. The highest BCUT2D eigenvalue weighted by molar-refractivity contribution is 5.94. The molecule has 1 amide bonds. The molecule has 0 aliphatic carbocycles. The molecule has 5 heteroatoms. The molecule has 0 heterocycles. The highest BCUT2D eigenvalue weighted by Crippen LogP contribution is 2.25. The van der Waals surface area contributed by atoms with Gasteiger partial charge in [-0.15, -0.1) is 0 Å². The van der Waals surface area contributed by atoms with E-state index in [1.54, 1.807) is 18.2 Å². The molecule has 0 aliphatic heterocycles. The van der Waals surface area contributed by atoms with Gasteiger partial charge in [-0.25, -0.2) is 4.39 Å². The summed E-state index contributed by atoms with van der Waals surface area (Å²) in [4.78, 5) is 13.5. The molecule has 0 bridgehead atoms. The molecule has 0 unspecified atom stereocenters. The first-order valence-electron chi connectivity index (χ1n) is 7.46. The zero-order valence-electron chi connectivity index (χ0n) is 13.6. The average molecular weight is 315 g/mol. The van der Waals surface area contributed by atoms with Gasteiger partial charge in [-0.2, -0.15) is 0 Å². The van der Waals surface area contributed by atoms with Crippen LogP contribution >= 0.6 is 0 Å². The topological polar surface area (TPSA) is 58.4 Å². The zero-order valence-corrected chi connectivity index (χ0v) is 13.6. The predicted octanol–water partition coefficient (Wildman–Crippen LogP) is 3.16. The Bertz CT molecular complexity index is 700. The van der Waals surface area contributed by atoms with Gasteiger partial charge in [0.05, 0.1) is 0 Å². The second-order valence-electron chi connectivity index (χ2n) is 5.89. The van der Waals surface area contributed by atoms with Gasteiger partial charge in [0, 0.05) is 23.8 Å². The number of hydrogen-bond donors (Lipinski definition) is 2. The number of rotatable bonds is 6. The minimum atomic E-state index is -0.470. The van der Waals surface area contributed by atoms with Crippen molar-refractivity contribution in [2.24, 2.45) is 5.73 Å². The number of primary amides is 1. The lowest BCUT2D eigenvalue weighted by Crippen LogP contribution is -2.17. The van der Waals surface area contributed by atoms with Gasteiger partial charge in [-0.1, -0.05) is 18.2 Å². The first-order chi connectivity index (χ1) is 10.9. The number of halogens is 1. The molecule has 2 rings (SSSR count). The van der Waals surface area contributed by atoms with Crippen LogP contribution in [-0.2, 0) is 6.54 Å². The van der Waals surface area contributed by atoms with Gasteiger partial charge in [-0.05, 0) is 56.4 Å². The van der Waals surface area contributed by atoms with Gasteiger partial charge in [0.1, 0.15) is 5.82 Å². The zero-order chi connectivity index (χ0) is 17.0. The molecular formula is C18H22FN3O. The van der Waals surface area contributed by atoms with E-state index < -0.39 is 5.91 Å². The van der Waals surface area contributed by atoms with E-state index >= 15 is 0 Å². The van der Waals surface area contributed by atoms with E-state index in [1.165, 1.54) is 12.1 Å². The van der Waals surface area contributed by atoms with Crippen LogP contribution in [0.4, 0.5) is 10.1 Å². The molecule has 0 aliphatic rings. The lowest BCUT2D eigenvalue weighted by Gasteiger charge is -2.21. The summed E-state index contributed by atoms with van der Waals surface area (Å²) in [6.45, 7) is 2.67. The van der Waals surface area contributed by atoms with Crippen LogP contribution in [0, 0.1) is 5.82 Å². The Morgan fingerprint density at radius 2 is 2.00 bits per heavy atom. The maximum atomic E-state index is 13.4. The van der Waals surface area contributed by atoms with E-state index in [9.17, 15) is 9.18 Å². The van der Waals surface area contributed by atoms with Gasteiger partial charge in [0.2, 0.25) is 5.91 Å². The number of benzene rings is 2. The molecule has 2 aromatic carbocycles. The summed E-state index contributed by atoms with van der Waals surface area (Å²) in [6.07, 6.45) is 0. The van der Waals surface area contributed by atoms with E-state index in [0.717, 1.165) is 23.4 Å². The molecular weight excluding hydrogens is 293 g/mol. The summed E-state index contributed by atoms with van der Waals surface area (Å²) in [5, 5.41) is 3.35. The van der Waals surface area contributed by atoms with Gasteiger partial charge in [0.25, 0.3) is 0 Å². The Morgan fingerprint density at radius 3 is 2.61 bits per heavy atom. The minimum Gasteiger partial charge on any atom is -0.378 e. The van der Waals surface area contributed by atoms with Gasteiger partial charge in [-0.3, -0.25) is 4.79 Å². The number of nitrogens with zero attached hydrogens (tertiary/aromatic N) is 1. The van der Waals surface area contributed by atoms with Crippen LogP contribution < -0.4 is 11.1 Å². The van der Waals surface area contributed by atoms with Crippen LogP contribution in [0.1, 0.15) is 34.5 Å². The lowest BCUT2D eigenvalue weighted by molar-refractivity contribution is 0.100. The van der Waals surface area contributed by atoms with Crippen molar-refractivity contribution >= 4 is 11.6 Å². The summed E-state index contributed by atoms with van der Waals surface area (Å²) in [5.41, 5.74) is 8.52. The van der Waals surface area contributed by atoms with Crippen LogP contribution in [0.3, 0.4) is 0 Å². The van der Waals surface area contributed by atoms with Crippen molar-refractivity contribution < 1.29 is 9.18 Å². The monoisotopic (exact) mass is 315 g/mol. The maximum absolute atomic E-state index is 13.4. The highest BCUT2D eigenvalue weighted by Gasteiger charge is 2.12. The van der Waals surface area contributed by atoms with Crippen molar-refractivity contribution in [3.8, 4) is 0 Å². The summed E-state index contributed by atoms with van der Waals surface area (Å²) in [5.74, 6) is -0.738. The SMILES string of the molecule is C[C@H](Nc1cc(C(N)=O)ccc1CN(C)C)c1cccc(F)c1. The third-order valence-corrected chi connectivity index (χ3v) is 3.60. The van der Waals surface area contributed by atoms with Crippen molar-refractivity contribution in [2.45, 2.75) is 19.5 Å². The summed E-state index contributed by atoms with van der Waals surface area (Å²) in [6, 6.07) is 11.7. The highest BCUT2D eigenvalue weighted by atomic mass is 19.1. The van der Waals surface area contributed by atoms with Crippen molar-refractivity contribution in [3.63, 3.8) is 0 Å². The molecule has 122 valence electrons. The van der Waals surface area contributed by atoms with Crippen LogP contribution in [0.15, 0.2) is 42.5 Å². The summed E-state index contributed by atoms with van der Waals surface area (Å²) in [7, 11) is 3.95. The Kier molecular flexibility index (Phi) is 5.34. The van der Waals surface area contributed by atoms with E-state index in [0.29, 0.717) is 5.56 Å². The second-order valence-corrected chi connectivity index (χ2v) is 5.89. The minimum absolute atomic E-state index is 0.102. The second kappa shape index (κ2) is 7.24. The molecule has 23 heavy (non-hydrogen) atoms. The quantitative estimate of drug-likeness (QED) is 0.861. The number of nitrogens with one attached hydrogen (secondary N) is 1. The Balaban J connectivity index is 2.31. The lowest BCUT2D eigenvalue weighted by atomic mass is 10.0. The standard InChI is InChI=1S/C18H22FN3O/c1-12(13-5-4-6-16(19)9-13)21-17-10-14(18(20)23)7-8-15(17)11-22(2)3/h4-10,12,21H,11H2,1-3H3,(H2,20,23)/t12-/m0/s1. The fourth-order valence-corrected chi connectivity index (χ4v) is 2.44. The van der Waals surface area contributed by atoms with Crippen molar-refractivity contribution in [1.29, 1.82) is 0 Å². The number of carbonyl (C=O) groups is 1. The van der Waals surface area contributed by atoms with Crippen molar-refractivity contribution in [1.82, 2.24) is 4.90 Å². The third kappa shape index (κ3) is 4.53. The van der Waals surface area contributed by atoms with Crippen LogP contribution in [0.25, 0.3) is 0 Å². The van der Waals surface area contributed by atoms with Crippen LogP contribution in [-0.4, -0.2) is 24.9 Å².